The van der Waals surface area contributed by atoms with E-state index in [-0.39, 0.29) is 17.9 Å². The van der Waals surface area contributed by atoms with Gasteiger partial charge in [0.15, 0.2) is 0 Å². The number of pyridine rings is 1. The molecule has 0 amide bonds. The van der Waals surface area contributed by atoms with Crippen LogP contribution in [-0.4, -0.2) is 53.3 Å². The van der Waals surface area contributed by atoms with Crippen LogP contribution in [0.1, 0.15) is 35.3 Å². The van der Waals surface area contributed by atoms with E-state index in [0.29, 0.717) is 0 Å². The normalized spacial score (nSPS) is 23.8. The Kier molecular flexibility index (Phi) is 4.82. The fourth-order valence-electron chi connectivity index (χ4n) is 4.32. The number of carbonyl (C=O) groups is 1. The minimum Gasteiger partial charge on any atom is -0.298 e. The van der Waals surface area contributed by atoms with Gasteiger partial charge >= 0.3 is 0 Å². The molecule has 4 rings (SSSR count). The Hall–Kier alpha value is -1.75. The number of piperazine rings is 1. The molecule has 1 aromatic carbocycles. The summed E-state index contributed by atoms with van der Waals surface area (Å²) in [6, 6.07) is 10.4. The number of nitrogens with zero attached hydrogens (tertiary/aromatic N) is 3. The Morgan fingerprint density at radius 2 is 2.00 bits per heavy atom. The predicted molar refractivity (Wildman–Crippen MR) is 104 cm³/mol. The first-order chi connectivity index (χ1) is 12.5. The second-order valence-corrected chi connectivity index (χ2v) is 7.83. The van der Waals surface area contributed by atoms with Gasteiger partial charge in [-0.25, -0.2) is 0 Å². The van der Waals surface area contributed by atoms with Crippen LogP contribution in [0.3, 0.4) is 0 Å². The van der Waals surface area contributed by atoms with E-state index in [1.54, 1.807) is 6.92 Å². The standard InChI is InChI=1S/C21H24ClN3O/c1-14(26)19-13-25(11-10-24(19)2)21-18-8-7-17(22)12-16(18)6-5-15-4-3-9-23-20(15)21/h3-4,7-9,12,19,21H,5-6,10-11,13H2,1-2H3/t19-,21?/m1/s1. The van der Waals surface area contributed by atoms with Crippen molar-refractivity contribution in [3.05, 3.63) is 63.9 Å². The van der Waals surface area contributed by atoms with Gasteiger partial charge in [-0.15, -0.1) is 0 Å². The second kappa shape index (κ2) is 7.10. The molecule has 0 saturated carbocycles. The number of halogens is 1. The van der Waals surface area contributed by atoms with Gasteiger partial charge in [-0.3, -0.25) is 19.6 Å². The van der Waals surface area contributed by atoms with Crippen molar-refractivity contribution in [1.82, 2.24) is 14.8 Å². The number of aromatic nitrogens is 1. The lowest BCUT2D eigenvalue weighted by Gasteiger charge is -2.42. The number of hydrogen-bond acceptors (Lipinski definition) is 4. The Bertz CT molecular complexity index is 838. The van der Waals surface area contributed by atoms with E-state index in [9.17, 15) is 4.79 Å². The minimum absolute atomic E-state index is 0.0603. The van der Waals surface area contributed by atoms with Gasteiger partial charge in [-0.05, 0) is 61.7 Å². The first-order valence-corrected chi connectivity index (χ1v) is 9.59. The number of carbonyl (C=O) groups excluding carboxylic acids is 1. The van der Waals surface area contributed by atoms with E-state index in [2.05, 4.69) is 28.0 Å². The van der Waals surface area contributed by atoms with Crippen molar-refractivity contribution in [2.75, 3.05) is 26.7 Å². The summed E-state index contributed by atoms with van der Waals surface area (Å²) >= 11 is 6.28. The molecule has 0 radical (unpaired) electrons. The quantitative estimate of drug-likeness (QED) is 0.815. The number of benzene rings is 1. The average Bonchev–Trinajstić information content (AvgIpc) is 2.79. The second-order valence-electron chi connectivity index (χ2n) is 7.40. The van der Waals surface area contributed by atoms with Gasteiger partial charge in [-0.1, -0.05) is 23.7 Å². The highest BCUT2D eigenvalue weighted by atomic mass is 35.5. The van der Waals surface area contributed by atoms with Gasteiger partial charge in [0.25, 0.3) is 0 Å². The number of hydrogen-bond donors (Lipinski definition) is 0. The summed E-state index contributed by atoms with van der Waals surface area (Å²) in [4.78, 5) is 21.5. The van der Waals surface area contributed by atoms with E-state index in [1.165, 1.54) is 16.7 Å². The van der Waals surface area contributed by atoms with Gasteiger partial charge in [0, 0.05) is 30.9 Å². The maximum atomic E-state index is 12.1. The van der Waals surface area contributed by atoms with Crippen LogP contribution in [0.25, 0.3) is 0 Å². The molecule has 1 aromatic heterocycles. The zero-order chi connectivity index (χ0) is 18.3. The van der Waals surface area contributed by atoms with Gasteiger partial charge in [-0.2, -0.15) is 0 Å². The van der Waals surface area contributed by atoms with Crippen LogP contribution in [0.2, 0.25) is 5.02 Å². The molecule has 26 heavy (non-hydrogen) atoms. The van der Waals surface area contributed by atoms with Crippen molar-refractivity contribution in [1.29, 1.82) is 0 Å². The first kappa shape index (κ1) is 17.7. The lowest BCUT2D eigenvalue weighted by atomic mass is 9.95. The maximum absolute atomic E-state index is 12.1. The van der Waals surface area contributed by atoms with Gasteiger partial charge in [0.05, 0.1) is 17.8 Å². The third kappa shape index (κ3) is 3.18. The monoisotopic (exact) mass is 369 g/mol. The number of aryl methyl sites for hydroxylation is 2. The fraction of sp³-hybridized carbons (Fsp3) is 0.429. The van der Waals surface area contributed by atoms with Crippen molar-refractivity contribution in [3.8, 4) is 0 Å². The molecular weight excluding hydrogens is 346 g/mol. The molecular formula is C21H24ClN3O. The SMILES string of the molecule is CC(=O)[C@H]1CN(C2c3ccc(Cl)cc3CCc3cccnc32)CCN1C. The average molecular weight is 370 g/mol. The Morgan fingerprint density at radius 3 is 2.81 bits per heavy atom. The van der Waals surface area contributed by atoms with Crippen molar-refractivity contribution in [2.24, 2.45) is 0 Å². The highest BCUT2D eigenvalue weighted by Crippen LogP contribution is 2.37. The molecule has 136 valence electrons. The highest BCUT2D eigenvalue weighted by Gasteiger charge is 2.36. The molecule has 2 aromatic rings. The molecule has 1 aliphatic carbocycles. The largest absolute Gasteiger partial charge is 0.298 e. The number of fused-ring (bicyclic) bond motifs is 2. The maximum Gasteiger partial charge on any atom is 0.148 e. The van der Waals surface area contributed by atoms with Crippen LogP contribution in [0.5, 0.6) is 0 Å². The molecule has 2 aliphatic rings. The van der Waals surface area contributed by atoms with Gasteiger partial charge < -0.3 is 0 Å². The van der Waals surface area contributed by atoms with Crippen LogP contribution in [0.15, 0.2) is 36.5 Å². The first-order valence-electron chi connectivity index (χ1n) is 9.21. The summed E-state index contributed by atoms with van der Waals surface area (Å²) in [7, 11) is 2.04. The third-order valence-corrected chi connectivity index (χ3v) is 6.00. The molecule has 1 fully saturated rings. The molecule has 4 nitrogen and oxygen atoms in total. The summed E-state index contributed by atoms with van der Waals surface area (Å²) < 4.78 is 0. The van der Waals surface area contributed by atoms with Gasteiger partial charge in [0.1, 0.15) is 5.78 Å². The van der Waals surface area contributed by atoms with Gasteiger partial charge in [0.2, 0.25) is 0 Å². The van der Waals surface area contributed by atoms with Crippen molar-refractivity contribution < 1.29 is 4.79 Å². The Morgan fingerprint density at radius 1 is 1.19 bits per heavy atom. The number of Topliss-reactive ketones (excluding diaryl/α,β-unsaturated/α-hetero) is 1. The Labute approximate surface area is 159 Å². The molecule has 0 spiro atoms. The lowest BCUT2D eigenvalue weighted by Crippen LogP contribution is -2.55. The van der Waals surface area contributed by atoms with E-state index >= 15 is 0 Å². The lowest BCUT2D eigenvalue weighted by molar-refractivity contribution is -0.124. The molecule has 1 saturated heterocycles. The molecule has 1 unspecified atom stereocenters. The summed E-state index contributed by atoms with van der Waals surface area (Å²) in [6.07, 6.45) is 3.82. The van der Waals surface area contributed by atoms with Crippen molar-refractivity contribution in [3.63, 3.8) is 0 Å². The van der Waals surface area contributed by atoms with Crippen molar-refractivity contribution >= 4 is 17.4 Å². The van der Waals surface area contributed by atoms with Crippen LogP contribution < -0.4 is 0 Å². The predicted octanol–water partition coefficient (Wildman–Crippen LogP) is 3.13. The zero-order valence-corrected chi connectivity index (χ0v) is 16.0. The van der Waals surface area contributed by atoms with E-state index in [1.807, 2.05) is 25.4 Å². The third-order valence-electron chi connectivity index (χ3n) is 5.76. The summed E-state index contributed by atoms with van der Waals surface area (Å²) in [5.41, 5.74) is 4.99. The molecule has 2 heterocycles. The summed E-state index contributed by atoms with van der Waals surface area (Å²) in [5, 5.41) is 0.779. The summed E-state index contributed by atoms with van der Waals surface area (Å²) in [5.74, 6) is 0.225. The Balaban J connectivity index is 1.80. The molecule has 1 aliphatic heterocycles. The van der Waals surface area contributed by atoms with Crippen LogP contribution in [-0.2, 0) is 17.6 Å². The van der Waals surface area contributed by atoms with Crippen LogP contribution >= 0.6 is 11.6 Å². The molecule has 2 atom stereocenters. The number of ketones is 1. The topological polar surface area (TPSA) is 36.4 Å². The minimum atomic E-state index is -0.0603. The van der Waals surface area contributed by atoms with Crippen molar-refractivity contribution in [2.45, 2.75) is 31.8 Å². The zero-order valence-electron chi connectivity index (χ0n) is 15.3. The van der Waals surface area contributed by atoms with E-state index in [0.717, 1.165) is 43.2 Å². The number of rotatable bonds is 2. The highest BCUT2D eigenvalue weighted by molar-refractivity contribution is 6.30. The molecule has 0 N–H and O–H groups in total. The number of likely N-dealkylation sites (N-methyl/N-ethyl adjacent to an activating group) is 1. The van der Waals surface area contributed by atoms with E-state index in [4.69, 9.17) is 16.6 Å². The molecule has 5 heteroatoms. The summed E-state index contributed by atoms with van der Waals surface area (Å²) in [6.45, 7) is 4.22. The van der Waals surface area contributed by atoms with Crippen LogP contribution in [0, 0.1) is 0 Å². The fourth-order valence-corrected chi connectivity index (χ4v) is 4.52. The van der Waals surface area contributed by atoms with Crippen LogP contribution in [0.4, 0.5) is 0 Å². The smallest absolute Gasteiger partial charge is 0.148 e. The molecule has 0 bridgehead atoms. The van der Waals surface area contributed by atoms with E-state index < -0.39 is 0 Å².